The van der Waals surface area contributed by atoms with Crippen LogP contribution in [0.1, 0.15) is 71.1 Å². The zero-order chi connectivity index (χ0) is 9.86. The molecule has 0 N–H and O–H groups in total. The second-order valence-corrected chi connectivity index (χ2v) is 7.53. The molecule has 3 atom stereocenters. The van der Waals surface area contributed by atoms with Crippen LogP contribution >= 0.6 is 8.58 Å². The van der Waals surface area contributed by atoms with Crippen LogP contribution in [0, 0.1) is 0 Å². The summed E-state index contributed by atoms with van der Waals surface area (Å²) in [5.74, 6) is 0. The van der Waals surface area contributed by atoms with Crippen molar-refractivity contribution >= 4 is 8.58 Å². The van der Waals surface area contributed by atoms with E-state index in [2.05, 4.69) is 6.92 Å². The highest BCUT2D eigenvalue weighted by Gasteiger charge is 2.39. The lowest BCUT2D eigenvalue weighted by Gasteiger charge is -2.28. The van der Waals surface area contributed by atoms with Crippen molar-refractivity contribution in [3.05, 3.63) is 0 Å². The molecule has 2 aliphatic rings. The van der Waals surface area contributed by atoms with Crippen molar-refractivity contribution in [2.75, 3.05) is 0 Å². The third kappa shape index (κ3) is 2.51. The van der Waals surface area contributed by atoms with Crippen LogP contribution in [0.15, 0.2) is 0 Å². The van der Waals surface area contributed by atoms with E-state index in [1.54, 1.807) is 32.1 Å². The second-order valence-electron chi connectivity index (χ2n) is 5.36. The summed E-state index contributed by atoms with van der Waals surface area (Å²) in [7, 11) is 1.33. The van der Waals surface area contributed by atoms with Crippen molar-refractivity contribution in [1.29, 1.82) is 0 Å². The molecule has 82 valence electrons. The molecule has 2 saturated heterocycles. The maximum atomic E-state index is 2.32. The number of hydrogen-bond donors (Lipinski definition) is 0. The van der Waals surface area contributed by atoms with Crippen LogP contribution in [0.2, 0.25) is 0 Å². The van der Waals surface area contributed by atoms with E-state index in [1.165, 1.54) is 40.7 Å². The maximum absolute atomic E-state index is 2.32. The highest BCUT2D eigenvalue weighted by atomic mass is 31.1. The molecule has 3 unspecified atom stereocenters. The van der Waals surface area contributed by atoms with Crippen LogP contribution in [0.4, 0.5) is 0 Å². The van der Waals surface area contributed by atoms with Crippen molar-refractivity contribution in [1.82, 2.24) is 0 Å². The molecule has 0 aromatic rings. The van der Waals surface area contributed by atoms with Crippen LogP contribution in [-0.4, -0.2) is 10.8 Å². The lowest BCUT2D eigenvalue weighted by Crippen LogP contribution is -2.19. The first-order valence-electron chi connectivity index (χ1n) is 6.62. The SMILES string of the molecule is CCCCCC12CCCCC(CC1)P2. The minimum atomic E-state index is 0.857. The van der Waals surface area contributed by atoms with E-state index in [4.69, 9.17) is 0 Å². The predicted octanol–water partition coefficient (Wildman–Crippen LogP) is 4.72. The highest BCUT2D eigenvalue weighted by molar-refractivity contribution is 7.41. The fourth-order valence-electron chi connectivity index (χ4n) is 3.33. The van der Waals surface area contributed by atoms with Gasteiger partial charge in [-0.2, -0.15) is 0 Å². The molecule has 0 aromatic heterocycles. The topological polar surface area (TPSA) is 0 Å². The smallest absolute Gasteiger partial charge is 0.0119 e. The zero-order valence-corrected chi connectivity index (χ0v) is 10.6. The summed E-state index contributed by atoms with van der Waals surface area (Å²) in [6, 6.07) is 0. The van der Waals surface area contributed by atoms with E-state index in [9.17, 15) is 0 Å². The van der Waals surface area contributed by atoms with Crippen molar-refractivity contribution in [3.63, 3.8) is 0 Å². The first-order valence-corrected chi connectivity index (χ1v) is 7.70. The van der Waals surface area contributed by atoms with Gasteiger partial charge in [0.1, 0.15) is 0 Å². The Morgan fingerprint density at radius 3 is 2.93 bits per heavy atom. The molecule has 0 amide bonds. The lowest BCUT2D eigenvalue weighted by molar-refractivity contribution is 0.417. The van der Waals surface area contributed by atoms with Crippen LogP contribution in [0.3, 0.4) is 0 Å². The summed E-state index contributed by atoms with van der Waals surface area (Å²) in [5.41, 5.74) is 1.15. The molecular formula is C13H25P. The van der Waals surface area contributed by atoms with E-state index >= 15 is 0 Å². The van der Waals surface area contributed by atoms with Gasteiger partial charge in [-0.3, -0.25) is 0 Å². The van der Waals surface area contributed by atoms with Gasteiger partial charge in [-0.15, -0.1) is 8.58 Å². The molecule has 2 rings (SSSR count). The Labute approximate surface area is 91.0 Å². The minimum Gasteiger partial charge on any atom is -0.112 e. The third-order valence-electron chi connectivity index (χ3n) is 4.20. The Hall–Kier alpha value is 0.430. The normalized spacial score (nSPS) is 38.8. The Kier molecular flexibility index (Phi) is 3.88. The number of fused-ring (bicyclic) bond motifs is 2. The Morgan fingerprint density at radius 2 is 2.07 bits per heavy atom. The van der Waals surface area contributed by atoms with Crippen molar-refractivity contribution in [3.8, 4) is 0 Å². The third-order valence-corrected chi connectivity index (χ3v) is 6.55. The second kappa shape index (κ2) is 4.97. The van der Waals surface area contributed by atoms with Gasteiger partial charge < -0.3 is 0 Å². The van der Waals surface area contributed by atoms with E-state index in [0.29, 0.717) is 0 Å². The summed E-state index contributed by atoms with van der Waals surface area (Å²) in [5, 5.41) is 0.857. The van der Waals surface area contributed by atoms with Gasteiger partial charge in [0.2, 0.25) is 0 Å². The molecule has 2 fully saturated rings. The molecule has 2 heterocycles. The lowest BCUT2D eigenvalue weighted by atomic mass is 9.87. The molecule has 2 bridgehead atoms. The molecular weight excluding hydrogens is 187 g/mol. The summed E-state index contributed by atoms with van der Waals surface area (Å²) in [4.78, 5) is 0. The average molecular weight is 212 g/mol. The average Bonchev–Trinajstić information content (AvgIpc) is 2.44. The van der Waals surface area contributed by atoms with Gasteiger partial charge in [0.05, 0.1) is 0 Å². The van der Waals surface area contributed by atoms with Gasteiger partial charge in [0.15, 0.2) is 0 Å². The number of unbranched alkanes of at least 4 members (excludes halogenated alkanes) is 2. The minimum absolute atomic E-state index is 0.857. The fraction of sp³-hybridized carbons (Fsp3) is 1.00. The molecule has 0 nitrogen and oxygen atoms in total. The molecule has 14 heavy (non-hydrogen) atoms. The molecule has 0 radical (unpaired) electrons. The molecule has 0 spiro atoms. The van der Waals surface area contributed by atoms with Gasteiger partial charge in [-0.05, 0) is 42.9 Å². The van der Waals surface area contributed by atoms with Crippen molar-refractivity contribution < 1.29 is 0 Å². The van der Waals surface area contributed by atoms with Crippen molar-refractivity contribution in [2.45, 2.75) is 81.9 Å². The Bertz CT molecular complexity index is 178. The predicted molar refractivity (Wildman–Crippen MR) is 66.7 cm³/mol. The number of hydrogen-bond acceptors (Lipinski definition) is 0. The quantitative estimate of drug-likeness (QED) is 0.467. The largest absolute Gasteiger partial charge is 0.112 e. The van der Waals surface area contributed by atoms with Gasteiger partial charge in [0, 0.05) is 0 Å². The Balaban J connectivity index is 1.86. The van der Waals surface area contributed by atoms with E-state index < -0.39 is 0 Å². The first kappa shape index (κ1) is 10.9. The maximum Gasteiger partial charge on any atom is -0.0119 e. The van der Waals surface area contributed by atoms with Crippen molar-refractivity contribution in [2.24, 2.45) is 0 Å². The van der Waals surface area contributed by atoms with Gasteiger partial charge in [-0.1, -0.05) is 39.0 Å². The summed E-state index contributed by atoms with van der Waals surface area (Å²) in [6.45, 7) is 2.32. The van der Waals surface area contributed by atoms with Gasteiger partial charge in [-0.25, -0.2) is 0 Å². The molecule has 0 saturated carbocycles. The standard InChI is InChI=1S/C13H25P/c1-2-3-5-9-13-10-6-4-7-12(14-13)8-11-13/h12,14H,2-11H2,1H3. The van der Waals surface area contributed by atoms with Crippen LogP contribution in [0.5, 0.6) is 0 Å². The molecule has 0 aromatic carbocycles. The first-order chi connectivity index (χ1) is 6.85. The monoisotopic (exact) mass is 212 g/mol. The van der Waals surface area contributed by atoms with E-state index in [-0.39, 0.29) is 0 Å². The molecule has 1 heteroatoms. The van der Waals surface area contributed by atoms with E-state index in [1.807, 2.05) is 0 Å². The zero-order valence-electron chi connectivity index (χ0n) is 9.65. The summed E-state index contributed by atoms with van der Waals surface area (Å²) < 4.78 is 0. The van der Waals surface area contributed by atoms with Crippen LogP contribution < -0.4 is 0 Å². The summed E-state index contributed by atoms with van der Waals surface area (Å²) >= 11 is 0. The van der Waals surface area contributed by atoms with Crippen LogP contribution in [-0.2, 0) is 0 Å². The van der Waals surface area contributed by atoms with Gasteiger partial charge >= 0.3 is 0 Å². The Morgan fingerprint density at radius 1 is 1.14 bits per heavy atom. The van der Waals surface area contributed by atoms with Crippen LogP contribution in [0.25, 0.3) is 0 Å². The van der Waals surface area contributed by atoms with E-state index in [0.717, 1.165) is 10.8 Å². The fourth-order valence-corrected chi connectivity index (χ4v) is 5.77. The highest BCUT2D eigenvalue weighted by Crippen LogP contribution is 2.57. The van der Waals surface area contributed by atoms with Gasteiger partial charge in [0.25, 0.3) is 0 Å². The summed E-state index contributed by atoms with van der Waals surface area (Å²) in [6.07, 6.45) is 15.3. The molecule has 0 aliphatic carbocycles. The molecule has 2 aliphatic heterocycles. The number of rotatable bonds is 4.